The highest BCUT2D eigenvalue weighted by molar-refractivity contribution is 5.94. The minimum Gasteiger partial charge on any atom is -0.461 e. The lowest BCUT2D eigenvalue weighted by atomic mass is 10.2. The summed E-state index contributed by atoms with van der Waals surface area (Å²) >= 11 is 0. The number of rotatable bonds is 4. The van der Waals surface area contributed by atoms with Crippen LogP contribution in [0.5, 0.6) is 0 Å². The molecule has 1 N–H and O–H groups in total. The van der Waals surface area contributed by atoms with E-state index in [4.69, 9.17) is 4.74 Å². The Morgan fingerprint density at radius 3 is 3.25 bits per heavy atom. The molecule has 2 aromatic rings. The number of nitrogens with one attached hydrogen (secondary N) is 1. The predicted molar refractivity (Wildman–Crippen MR) is 76.7 cm³/mol. The Kier molecular flexibility index (Phi) is 3.69. The first-order chi connectivity index (χ1) is 9.79. The van der Waals surface area contributed by atoms with Crippen LogP contribution in [0.25, 0.3) is 11.0 Å². The third kappa shape index (κ3) is 2.41. The van der Waals surface area contributed by atoms with Crippen molar-refractivity contribution in [2.75, 3.05) is 13.2 Å². The molecule has 106 valence electrons. The van der Waals surface area contributed by atoms with Crippen LogP contribution in [0.4, 0.5) is 0 Å². The maximum Gasteiger partial charge on any atom is 0.355 e. The van der Waals surface area contributed by atoms with Crippen LogP contribution in [0.15, 0.2) is 24.4 Å². The number of pyridine rings is 1. The van der Waals surface area contributed by atoms with Crippen molar-refractivity contribution in [1.82, 2.24) is 14.9 Å². The van der Waals surface area contributed by atoms with E-state index >= 15 is 0 Å². The van der Waals surface area contributed by atoms with Crippen molar-refractivity contribution in [1.29, 1.82) is 0 Å². The molecule has 0 spiro atoms. The van der Waals surface area contributed by atoms with Crippen LogP contribution in [0.1, 0.15) is 30.3 Å². The van der Waals surface area contributed by atoms with Gasteiger partial charge >= 0.3 is 5.97 Å². The van der Waals surface area contributed by atoms with E-state index in [9.17, 15) is 4.79 Å². The molecule has 0 bridgehead atoms. The van der Waals surface area contributed by atoms with Gasteiger partial charge in [0, 0.05) is 18.8 Å². The Balaban J connectivity index is 2.00. The number of hydrogen-bond acceptors (Lipinski definition) is 4. The standard InChI is InChI=1S/C15H19N3O2/c1-2-20-15(19)14-9-12-13(6-4-8-17-12)18(14)10-11-5-3-7-16-11/h4,6,8-9,11,16H,2-3,5,7,10H2,1H3/t11-/m1/s1. The first-order valence-electron chi connectivity index (χ1n) is 7.14. The fraction of sp³-hybridized carbons (Fsp3) is 0.467. The molecule has 0 amide bonds. The smallest absolute Gasteiger partial charge is 0.355 e. The summed E-state index contributed by atoms with van der Waals surface area (Å²) in [5.74, 6) is -0.275. The molecule has 0 radical (unpaired) electrons. The van der Waals surface area contributed by atoms with Crippen LogP contribution in [0, 0.1) is 0 Å². The average molecular weight is 273 g/mol. The van der Waals surface area contributed by atoms with Gasteiger partial charge in [-0.15, -0.1) is 0 Å². The van der Waals surface area contributed by atoms with Crippen molar-refractivity contribution in [2.45, 2.75) is 32.4 Å². The SMILES string of the molecule is CCOC(=O)c1cc2ncccc2n1C[C@H]1CCCN1. The van der Waals surface area contributed by atoms with Crippen molar-refractivity contribution in [3.63, 3.8) is 0 Å². The average Bonchev–Trinajstić information content (AvgIpc) is 3.08. The van der Waals surface area contributed by atoms with Crippen molar-refractivity contribution in [2.24, 2.45) is 0 Å². The van der Waals surface area contributed by atoms with E-state index in [0.29, 0.717) is 18.3 Å². The van der Waals surface area contributed by atoms with Gasteiger partial charge in [0.1, 0.15) is 5.69 Å². The topological polar surface area (TPSA) is 56.1 Å². The van der Waals surface area contributed by atoms with Gasteiger partial charge in [0.05, 0.1) is 17.6 Å². The molecule has 0 saturated carbocycles. The highest BCUT2D eigenvalue weighted by Gasteiger charge is 2.21. The van der Waals surface area contributed by atoms with Gasteiger partial charge in [0.25, 0.3) is 0 Å². The lowest BCUT2D eigenvalue weighted by molar-refractivity contribution is 0.0514. The first-order valence-corrected chi connectivity index (χ1v) is 7.14. The normalized spacial score (nSPS) is 18.6. The van der Waals surface area contributed by atoms with E-state index < -0.39 is 0 Å². The summed E-state index contributed by atoms with van der Waals surface area (Å²) in [4.78, 5) is 16.4. The molecule has 1 atom stereocenters. The lowest BCUT2D eigenvalue weighted by Crippen LogP contribution is -2.28. The van der Waals surface area contributed by atoms with Crippen molar-refractivity contribution in [3.05, 3.63) is 30.1 Å². The van der Waals surface area contributed by atoms with Crippen LogP contribution in [0.2, 0.25) is 0 Å². The molecule has 3 rings (SSSR count). The van der Waals surface area contributed by atoms with Crippen LogP contribution in [-0.4, -0.2) is 34.7 Å². The number of carbonyl (C=O) groups is 1. The summed E-state index contributed by atoms with van der Waals surface area (Å²) < 4.78 is 7.19. The number of esters is 1. The molecule has 2 aromatic heterocycles. The number of aromatic nitrogens is 2. The predicted octanol–water partition coefficient (Wildman–Crippen LogP) is 1.96. The molecule has 20 heavy (non-hydrogen) atoms. The van der Waals surface area contributed by atoms with Gasteiger partial charge in [-0.05, 0) is 44.5 Å². The third-order valence-electron chi connectivity index (χ3n) is 3.72. The molecular weight excluding hydrogens is 254 g/mol. The molecule has 5 heteroatoms. The van der Waals surface area contributed by atoms with Gasteiger partial charge in [-0.25, -0.2) is 4.79 Å². The fourth-order valence-corrected chi connectivity index (χ4v) is 2.79. The van der Waals surface area contributed by atoms with Crippen LogP contribution in [0.3, 0.4) is 0 Å². The number of fused-ring (bicyclic) bond motifs is 1. The van der Waals surface area contributed by atoms with Gasteiger partial charge in [-0.3, -0.25) is 4.98 Å². The molecule has 5 nitrogen and oxygen atoms in total. The Morgan fingerprint density at radius 1 is 1.60 bits per heavy atom. The van der Waals surface area contributed by atoms with E-state index in [-0.39, 0.29) is 5.97 Å². The van der Waals surface area contributed by atoms with Crippen LogP contribution >= 0.6 is 0 Å². The van der Waals surface area contributed by atoms with E-state index in [1.807, 2.05) is 29.7 Å². The maximum atomic E-state index is 12.1. The number of hydrogen-bond donors (Lipinski definition) is 1. The second-order valence-corrected chi connectivity index (χ2v) is 5.06. The summed E-state index contributed by atoms with van der Waals surface area (Å²) in [7, 11) is 0. The quantitative estimate of drug-likeness (QED) is 0.865. The molecule has 0 aromatic carbocycles. The van der Waals surface area contributed by atoms with Crippen LogP contribution in [-0.2, 0) is 11.3 Å². The highest BCUT2D eigenvalue weighted by Crippen LogP contribution is 2.20. The second-order valence-electron chi connectivity index (χ2n) is 5.06. The number of nitrogens with zero attached hydrogens (tertiary/aromatic N) is 2. The monoisotopic (exact) mass is 273 g/mol. The Labute approximate surface area is 117 Å². The van der Waals surface area contributed by atoms with E-state index in [1.54, 1.807) is 6.20 Å². The summed E-state index contributed by atoms with van der Waals surface area (Å²) in [6.07, 6.45) is 4.08. The second kappa shape index (κ2) is 5.63. The minimum absolute atomic E-state index is 0.275. The Morgan fingerprint density at radius 2 is 2.50 bits per heavy atom. The van der Waals surface area contributed by atoms with Crippen molar-refractivity contribution in [3.8, 4) is 0 Å². The van der Waals surface area contributed by atoms with E-state index in [0.717, 1.165) is 30.5 Å². The molecule has 0 aliphatic carbocycles. The molecule has 1 aliphatic heterocycles. The van der Waals surface area contributed by atoms with Gasteiger partial charge < -0.3 is 14.6 Å². The third-order valence-corrected chi connectivity index (χ3v) is 3.72. The van der Waals surface area contributed by atoms with Crippen LogP contribution < -0.4 is 5.32 Å². The highest BCUT2D eigenvalue weighted by atomic mass is 16.5. The fourth-order valence-electron chi connectivity index (χ4n) is 2.79. The zero-order chi connectivity index (χ0) is 13.9. The van der Waals surface area contributed by atoms with Crippen molar-refractivity contribution >= 4 is 17.0 Å². The van der Waals surface area contributed by atoms with Gasteiger partial charge in [-0.1, -0.05) is 0 Å². The van der Waals surface area contributed by atoms with Crippen molar-refractivity contribution < 1.29 is 9.53 Å². The zero-order valence-electron chi connectivity index (χ0n) is 11.6. The molecule has 1 fully saturated rings. The molecular formula is C15H19N3O2. The molecule has 0 unspecified atom stereocenters. The maximum absolute atomic E-state index is 12.1. The van der Waals surface area contributed by atoms with Gasteiger partial charge in [-0.2, -0.15) is 0 Å². The summed E-state index contributed by atoms with van der Waals surface area (Å²) in [5, 5.41) is 3.46. The van der Waals surface area contributed by atoms with Gasteiger partial charge in [0.15, 0.2) is 0 Å². The summed E-state index contributed by atoms with van der Waals surface area (Å²) in [6.45, 7) is 4.04. The first kappa shape index (κ1) is 13.1. The lowest BCUT2D eigenvalue weighted by Gasteiger charge is -2.15. The number of carbonyl (C=O) groups excluding carboxylic acids is 1. The summed E-state index contributed by atoms with van der Waals surface area (Å²) in [5.41, 5.74) is 2.42. The largest absolute Gasteiger partial charge is 0.461 e. The summed E-state index contributed by atoms with van der Waals surface area (Å²) in [6, 6.07) is 6.14. The van der Waals surface area contributed by atoms with E-state index in [1.165, 1.54) is 6.42 Å². The zero-order valence-corrected chi connectivity index (χ0v) is 11.6. The molecule has 3 heterocycles. The number of ether oxygens (including phenoxy) is 1. The minimum atomic E-state index is -0.275. The Hall–Kier alpha value is -1.88. The van der Waals surface area contributed by atoms with Gasteiger partial charge in [0.2, 0.25) is 0 Å². The molecule has 1 saturated heterocycles. The van der Waals surface area contributed by atoms with E-state index in [2.05, 4.69) is 10.3 Å². The molecule has 1 aliphatic rings. The Bertz CT molecular complexity index is 615.